The summed E-state index contributed by atoms with van der Waals surface area (Å²) in [5, 5.41) is 0. The average Bonchev–Trinajstić information content (AvgIpc) is 1.89. The van der Waals surface area contributed by atoms with Crippen molar-refractivity contribution < 1.29 is 52.8 Å². The Morgan fingerprint density at radius 1 is 1.00 bits per heavy atom. The third-order valence-corrected chi connectivity index (χ3v) is 1.83. The normalized spacial score (nSPS) is 9.00. The molecule has 0 atom stereocenters. The Bertz CT molecular complexity index is 47.4. The van der Waals surface area contributed by atoms with E-state index in [4.69, 9.17) is 0 Å². The molecule has 0 aromatic carbocycles. The van der Waals surface area contributed by atoms with Gasteiger partial charge < -0.3 is 1.43 Å². The summed E-state index contributed by atoms with van der Waals surface area (Å²) in [6.45, 7) is 2.25. The van der Waals surface area contributed by atoms with Crippen LogP contribution in [0.3, 0.4) is 0 Å². The summed E-state index contributed by atoms with van der Waals surface area (Å²) < 4.78 is 0. The van der Waals surface area contributed by atoms with Crippen molar-refractivity contribution in [2.24, 2.45) is 0 Å². The molecular formula is C8H19KS. The van der Waals surface area contributed by atoms with Crippen molar-refractivity contribution in [3.05, 3.63) is 0 Å². The zero-order chi connectivity index (χ0) is 6.95. The quantitative estimate of drug-likeness (QED) is 0.346. The Balaban J connectivity index is -0.000000320. The van der Waals surface area contributed by atoms with Gasteiger partial charge in [0, 0.05) is 0 Å². The van der Waals surface area contributed by atoms with E-state index < -0.39 is 0 Å². The Morgan fingerprint density at radius 2 is 1.50 bits per heavy atom. The van der Waals surface area contributed by atoms with E-state index in [9.17, 15) is 0 Å². The molecule has 0 spiro atoms. The van der Waals surface area contributed by atoms with Gasteiger partial charge in [0.1, 0.15) is 0 Å². The van der Waals surface area contributed by atoms with Gasteiger partial charge in [-0.1, -0.05) is 39.0 Å². The van der Waals surface area contributed by atoms with Crippen molar-refractivity contribution in [1.29, 1.82) is 0 Å². The van der Waals surface area contributed by atoms with Crippen molar-refractivity contribution in [3.8, 4) is 0 Å². The van der Waals surface area contributed by atoms with Crippen LogP contribution in [0.1, 0.15) is 46.9 Å². The van der Waals surface area contributed by atoms with E-state index in [1.807, 2.05) is 0 Å². The van der Waals surface area contributed by atoms with Gasteiger partial charge in [-0.05, 0) is 12.2 Å². The molecule has 0 radical (unpaired) electrons. The van der Waals surface area contributed by atoms with Crippen molar-refractivity contribution in [2.75, 3.05) is 5.75 Å². The Morgan fingerprint density at radius 3 is 2.00 bits per heavy atom. The number of thiol groups is 1. The minimum atomic E-state index is 0. The predicted molar refractivity (Wildman–Crippen MR) is 48.3 cm³/mol. The van der Waals surface area contributed by atoms with Crippen LogP contribution < -0.4 is 51.4 Å². The van der Waals surface area contributed by atoms with Gasteiger partial charge in [-0.15, -0.1) is 0 Å². The van der Waals surface area contributed by atoms with Crippen LogP contribution in [-0.2, 0) is 0 Å². The second kappa shape index (κ2) is 13.6. The molecule has 0 aliphatic carbocycles. The molecule has 0 aliphatic rings. The van der Waals surface area contributed by atoms with Gasteiger partial charge in [-0.3, -0.25) is 0 Å². The zero-order valence-electron chi connectivity index (χ0n) is 8.40. The maximum atomic E-state index is 4.15. The average molecular weight is 186 g/mol. The van der Waals surface area contributed by atoms with Crippen LogP contribution >= 0.6 is 12.6 Å². The number of rotatable bonds is 6. The molecule has 0 fully saturated rings. The summed E-state index contributed by atoms with van der Waals surface area (Å²) in [7, 11) is 0. The molecule has 0 rings (SSSR count). The summed E-state index contributed by atoms with van der Waals surface area (Å²) in [6, 6.07) is 0. The minimum Gasteiger partial charge on any atom is -1.00 e. The first kappa shape index (κ1) is 14.5. The molecule has 0 saturated carbocycles. The van der Waals surface area contributed by atoms with Gasteiger partial charge in [0.05, 0.1) is 0 Å². The number of hydrogen-bond donors (Lipinski definition) is 1. The second-order valence-electron chi connectivity index (χ2n) is 2.49. The minimum absolute atomic E-state index is 0. The third-order valence-electron chi connectivity index (χ3n) is 1.51. The van der Waals surface area contributed by atoms with Crippen LogP contribution in [0.15, 0.2) is 0 Å². The molecule has 58 valence electrons. The molecule has 0 aliphatic heterocycles. The monoisotopic (exact) mass is 186 g/mol. The first-order valence-corrected chi connectivity index (χ1v) is 4.66. The van der Waals surface area contributed by atoms with Gasteiger partial charge in [0.2, 0.25) is 0 Å². The topological polar surface area (TPSA) is 0 Å². The molecule has 10 heavy (non-hydrogen) atoms. The molecule has 0 bridgehead atoms. The van der Waals surface area contributed by atoms with Crippen LogP contribution in [0, 0.1) is 0 Å². The van der Waals surface area contributed by atoms with Gasteiger partial charge >= 0.3 is 51.4 Å². The fourth-order valence-corrected chi connectivity index (χ4v) is 1.12. The second-order valence-corrected chi connectivity index (χ2v) is 2.94. The van der Waals surface area contributed by atoms with E-state index in [1.54, 1.807) is 0 Å². The smallest absolute Gasteiger partial charge is 1.00 e. The Labute approximate surface area is 115 Å². The molecule has 0 unspecified atom stereocenters. The van der Waals surface area contributed by atoms with Crippen molar-refractivity contribution >= 4 is 12.6 Å². The van der Waals surface area contributed by atoms with Gasteiger partial charge in [0.25, 0.3) is 0 Å². The SMILES string of the molecule is CCCCCCCCS.[H-].[K+]. The zero-order valence-corrected chi connectivity index (χ0v) is 11.4. The van der Waals surface area contributed by atoms with Gasteiger partial charge in [-0.25, -0.2) is 0 Å². The maximum absolute atomic E-state index is 4.15. The fourth-order valence-electron chi connectivity index (χ4n) is 0.892. The number of hydrogen-bond acceptors (Lipinski definition) is 1. The largest absolute Gasteiger partial charge is 1.00 e. The van der Waals surface area contributed by atoms with E-state index in [-0.39, 0.29) is 52.8 Å². The first-order valence-electron chi connectivity index (χ1n) is 4.02. The molecule has 0 aromatic heterocycles. The van der Waals surface area contributed by atoms with E-state index in [0.717, 1.165) is 5.75 Å². The Hall–Kier alpha value is 1.99. The molecule has 0 saturated heterocycles. The maximum Gasteiger partial charge on any atom is 1.00 e. The summed E-state index contributed by atoms with van der Waals surface area (Å²) in [6.07, 6.45) is 8.27. The van der Waals surface area contributed by atoms with Gasteiger partial charge in [-0.2, -0.15) is 12.6 Å². The van der Waals surface area contributed by atoms with Crippen LogP contribution in [-0.4, -0.2) is 5.75 Å². The molecule has 0 heterocycles. The molecule has 0 N–H and O–H groups in total. The molecule has 0 nitrogen and oxygen atoms in total. The third kappa shape index (κ3) is 12.6. The van der Waals surface area contributed by atoms with Crippen LogP contribution in [0.25, 0.3) is 0 Å². The summed E-state index contributed by atoms with van der Waals surface area (Å²) in [5.41, 5.74) is 0. The molecule has 0 aromatic rings. The van der Waals surface area contributed by atoms with Crippen LogP contribution in [0.5, 0.6) is 0 Å². The Kier molecular flexibility index (Phi) is 19.7. The summed E-state index contributed by atoms with van der Waals surface area (Å²) in [4.78, 5) is 0. The van der Waals surface area contributed by atoms with Crippen LogP contribution in [0.2, 0.25) is 0 Å². The molecular weight excluding hydrogens is 167 g/mol. The van der Waals surface area contributed by atoms with Gasteiger partial charge in [0.15, 0.2) is 0 Å². The van der Waals surface area contributed by atoms with E-state index >= 15 is 0 Å². The first-order chi connectivity index (χ1) is 4.41. The van der Waals surface area contributed by atoms with Crippen molar-refractivity contribution in [1.82, 2.24) is 0 Å². The predicted octanol–water partition coefficient (Wildman–Crippen LogP) is 0.393. The van der Waals surface area contributed by atoms with E-state index in [0.29, 0.717) is 0 Å². The van der Waals surface area contributed by atoms with E-state index in [2.05, 4.69) is 19.6 Å². The number of unbranched alkanes of at least 4 members (excludes halogenated alkanes) is 5. The van der Waals surface area contributed by atoms with Crippen molar-refractivity contribution in [2.45, 2.75) is 45.4 Å². The summed E-state index contributed by atoms with van der Waals surface area (Å²) >= 11 is 4.15. The van der Waals surface area contributed by atoms with Crippen LogP contribution in [0.4, 0.5) is 0 Å². The van der Waals surface area contributed by atoms with Crippen molar-refractivity contribution in [3.63, 3.8) is 0 Å². The standard InChI is InChI=1S/C8H18S.K.H/c1-2-3-4-5-6-7-8-9;;/h9H,2-8H2,1H3;;/q;+1;-1. The fraction of sp³-hybridized carbons (Fsp3) is 1.00. The van der Waals surface area contributed by atoms with E-state index in [1.165, 1.54) is 38.5 Å². The summed E-state index contributed by atoms with van der Waals surface area (Å²) in [5.74, 6) is 1.06. The molecule has 0 amide bonds. The molecule has 2 heteroatoms.